The minimum atomic E-state index is -1.13. The van der Waals surface area contributed by atoms with E-state index in [0.717, 1.165) is 6.07 Å². The van der Waals surface area contributed by atoms with Gasteiger partial charge in [0.1, 0.15) is 17.1 Å². The molecule has 3 nitrogen and oxygen atoms in total. The summed E-state index contributed by atoms with van der Waals surface area (Å²) in [4.78, 5) is 10.6. The summed E-state index contributed by atoms with van der Waals surface area (Å²) in [5.74, 6) is -1.58. The molecule has 0 spiro atoms. The van der Waals surface area contributed by atoms with E-state index in [4.69, 9.17) is 9.84 Å². The highest BCUT2D eigenvalue weighted by molar-refractivity contribution is 14.1. The molecule has 0 atom stereocenters. The monoisotopic (exact) mass is 296 g/mol. The maximum atomic E-state index is 12.9. The minimum Gasteiger partial charge on any atom is -0.496 e. The molecule has 0 aliphatic heterocycles. The highest BCUT2D eigenvalue weighted by Gasteiger charge is 2.14. The Morgan fingerprint density at radius 3 is 2.69 bits per heavy atom. The largest absolute Gasteiger partial charge is 0.496 e. The van der Waals surface area contributed by atoms with Gasteiger partial charge >= 0.3 is 5.97 Å². The predicted molar refractivity (Wildman–Crippen MR) is 52.6 cm³/mol. The molecule has 1 aromatic rings. The first-order valence-electron chi connectivity index (χ1n) is 3.32. The number of rotatable bonds is 2. The van der Waals surface area contributed by atoms with Gasteiger partial charge in [-0.25, -0.2) is 9.18 Å². The fourth-order valence-electron chi connectivity index (χ4n) is 0.865. The summed E-state index contributed by atoms with van der Waals surface area (Å²) in [6.07, 6.45) is 0. The van der Waals surface area contributed by atoms with E-state index in [2.05, 4.69) is 0 Å². The molecular weight excluding hydrogens is 290 g/mol. The van der Waals surface area contributed by atoms with Crippen molar-refractivity contribution in [2.45, 2.75) is 0 Å². The number of hydrogen-bond acceptors (Lipinski definition) is 2. The Hall–Kier alpha value is -0.850. The summed E-state index contributed by atoms with van der Waals surface area (Å²) < 4.78 is 17.9. The van der Waals surface area contributed by atoms with E-state index in [1.54, 1.807) is 22.6 Å². The fourth-order valence-corrected chi connectivity index (χ4v) is 1.33. The van der Waals surface area contributed by atoms with Crippen LogP contribution in [0.5, 0.6) is 5.75 Å². The Morgan fingerprint density at radius 2 is 2.23 bits per heavy atom. The summed E-state index contributed by atoms with van der Waals surface area (Å²) in [5.41, 5.74) is -0.0340. The topological polar surface area (TPSA) is 46.5 Å². The van der Waals surface area contributed by atoms with Crippen LogP contribution in [0.2, 0.25) is 0 Å². The van der Waals surface area contributed by atoms with Crippen LogP contribution in [0.3, 0.4) is 0 Å². The second kappa shape index (κ2) is 3.91. The number of carbonyl (C=O) groups is 1. The summed E-state index contributed by atoms with van der Waals surface area (Å²) >= 11 is 1.72. The third-order valence-corrected chi connectivity index (χ3v) is 2.30. The molecule has 0 saturated carbocycles. The Balaban J connectivity index is 3.33. The second-order valence-electron chi connectivity index (χ2n) is 2.27. The Labute approximate surface area is 87.7 Å². The molecule has 0 radical (unpaired) electrons. The van der Waals surface area contributed by atoms with Gasteiger partial charge in [0.15, 0.2) is 0 Å². The SMILES string of the molecule is COc1cc(F)c(I)cc1C(=O)O. The van der Waals surface area contributed by atoms with Gasteiger partial charge in [-0.3, -0.25) is 0 Å². The number of halogens is 2. The first-order valence-corrected chi connectivity index (χ1v) is 4.40. The van der Waals surface area contributed by atoms with Crippen LogP contribution in [0.25, 0.3) is 0 Å². The smallest absolute Gasteiger partial charge is 0.339 e. The van der Waals surface area contributed by atoms with Crippen molar-refractivity contribution in [3.05, 3.63) is 27.1 Å². The van der Waals surface area contributed by atoms with Gasteiger partial charge in [-0.1, -0.05) is 0 Å². The van der Waals surface area contributed by atoms with Crippen molar-refractivity contribution in [3.63, 3.8) is 0 Å². The molecule has 0 aliphatic rings. The number of carboxylic acids is 1. The zero-order chi connectivity index (χ0) is 10.0. The molecule has 0 aromatic heterocycles. The number of benzene rings is 1. The van der Waals surface area contributed by atoms with Crippen LogP contribution in [0, 0.1) is 9.39 Å². The van der Waals surface area contributed by atoms with Gasteiger partial charge in [0, 0.05) is 9.64 Å². The number of ether oxygens (including phenoxy) is 1. The van der Waals surface area contributed by atoms with Gasteiger partial charge in [-0.2, -0.15) is 0 Å². The first-order chi connectivity index (χ1) is 6.06. The Morgan fingerprint density at radius 1 is 1.62 bits per heavy atom. The zero-order valence-electron chi connectivity index (χ0n) is 6.67. The fraction of sp³-hybridized carbons (Fsp3) is 0.125. The maximum Gasteiger partial charge on any atom is 0.339 e. The minimum absolute atomic E-state index is 0.0328. The summed E-state index contributed by atoms with van der Waals surface area (Å²) in [5, 5.41) is 8.71. The van der Waals surface area contributed by atoms with Crippen LogP contribution in [0.15, 0.2) is 12.1 Å². The van der Waals surface area contributed by atoms with Crippen molar-refractivity contribution in [2.24, 2.45) is 0 Å². The molecular formula is C8H6FIO3. The third kappa shape index (κ3) is 2.09. The van der Waals surface area contributed by atoms with E-state index in [9.17, 15) is 9.18 Å². The predicted octanol–water partition coefficient (Wildman–Crippen LogP) is 2.14. The van der Waals surface area contributed by atoms with Crippen molar-refractivity contribution in [2.75, 3.05) is 7.11 Å². The van der Waals surface area contributed by atoms with Crippen molar-refractivity contribution >= 4 is 28.6 Å². The Bertz CT molecular complexity index is 351. The zero-order valence-corrected chi connectivity index (χ0v) is 8.83. The molecule has 0 amide bonds. The molecule has 0 saturated heterocycles. The molecule has 5 heteroatoms. The van der Waals surface area contributed by atoms with E-state index in [0.29, 0.717) is 0 Å². The highest BCUT2D eigenvalue weighted by Crippen LogP contribution is 2.23. The van der Waals surface area contributed by atoms with E-state index < -0.39 is 11.8 Å². The number of carboxylic acid groups (broad SMARTS) is 1. The average Bonchev–Trinajstić information content (AvgIpc) is 2.08. The van der Waals surface area contributed by atoms with E-state index in [-0.39, 0.29) is 14.9 Å². The van der Waals surface area contributed by atoms with Crippen LogP contribution in [0.4, 0.5) is 4.39 Å². The number of hydrogen-bond donors (Lipinski definition) is 1. The van der Waals surface area contributed by atoms with Crippen molar-refractivity contribution in [3.8, 4) is 5.75 Å². The van der Waals surface area contributed by atoms with Gasteiger partial charge in [0.25, 0.3) is 0 Å². The summed E-state index contributed by atoms with van der Waals surface area (Å²) in [6.45, 7) is 0. The highest BCUT2D eigenvalue weighted by atomic mass is 127. The second-order valence-corrected chi connectivity index (χ2v) is 3.43. The molecule has 70 valence electrons. The maximum absolute atomic E-state index is 12.9. The van der Waals surface area contributed by atoms with Crippen molar-refractivity contribution < 1.29 is 19.0 Å². The molecule has 1 aromatic carbocycles. The lowest BCUT2D eigenvalue weighted by Crippen LogP contribution is -2.02. The summed E-state index contributed by atoms with van der Waals surface area (Å²) in [6, 6.07) is 2.29. The van der Waals surface area contributed by atoms with Gasteiger partial charge < -0.3 is 9.84 Å². The van der Waals surface area contributed by atoms with Crippen LogP contribution in [-0.2, 0) is 0 Å². The lowest BCUT2D eigenvalue weighted by Gasteiger charge is -2.05. The lowest BCUT2D eigenvalue weighted by molar-refractivity contribution is 0.0693. The van der Waals surface area contributed by atoms with Crippen LogP contribution in [0.1, 0.15) is 10.4 Å². The number of aromatic carboxylic acids is 1. The normalized spacial score (nSPS) is 9.77. The van der Waals surface area contributed by atoms with Gasteiger partial charge in [0.05, 0.1) is 7.11 Å². The Kier molecular flexibility index (Phi) is 3.07. The lowest BCUT2D eigenvalue weighted by atomic mass is 10.2. The first kappa shape index (κ1) is 10.2. The van der Waals surface area contributed by atoms with Crippen LogP contribution in [-0.4, -0.2) is 18.2 Å². The van der Waals surface area contributed by atoms with Crippen molar-refractivity contribution in [1.82, 2.24) is 0 Å². The van der Waals surface area contributed by atoms with E-state index in [1.165, 1.54) is 13.2 Å². The van der Waals surface area contributed by atoms with Gasteiger partial charge in [-0.15, -0.1) is 0 Å². The molecule has 0 fully saturated rings. The molecule has 1 rings (SSSR count). The van der Waals surface area contributed by atoms with E-state index in [1.807, 2.05) is 0 Å². The molecule has 0 bridgehead atoms. The van der Waals surface area contributed by atoms with Gasteiger partial charge in [0.2, 0.25) is 0 Å². The van der Waals surface area contributed by atoms with Crippen LogP contribution >= 0.6 is 22.6 Å². The molecule has 0 heterocycles. The van der Waals surface area contributed by atoms with Crippen molar-refractivity contribution in [1.29, 1.82) is 0 Å². The molecule has 0 unspecified atom stereocenters. The van der Waals surface area contributed by atoms with Gasteiger partial charge in [-0.05, 0) is 28.7 Å². The van der Waals surface area contributed by atoms with E-state index >= 15 is 0 Å². The molecule has 0 aliphatic carbocycles. The standard InChI is InChI=1S/C8H6FIO3/c1-13-7-3-5(9)6(10)2-4(7)8(11)12/h2-3H,1H3,(H,11,12). The summed E-state index contributed by atoms with van der Waals surface area (Å²) in [7, 11) is 1.30. The van der Waals surface area contributed by atoms with Crippen LogP contribution < -0.4 is 4.74 Å². The molecule has 13 heavy (non-hydrogen) atoms. The average molecular weight is 296 g/mol. The third-order valence-electron chi connectivity index (χ3n) is 1.47. The molecule has 1 N–H and O–H groups in total. The quantitative estimate of drug-likeness (QED) is 0.851. The number of methoxy groups -OCH3 is 1.